The van der Waals surface area contributed by atoms with Crippen LogP contribution in [0.5, 0.6) is 5.75 Å². The molecule has 21 heavy (non-hydrogen) atoms. The van der Waals surface area contributed by atoms with Gasteiger partial charge in [0, 0.05) is 31.9 Å². The maximum absolute atomic E-state index is 12.0. The number of anilines is 1. The zero-order valence-corrected chi connectivity index (χ0v) is 11.9. The van der Waals surface area contributed by atoms with Gasteiger partial charge in [-0.05, 0) is 19.2 Å². The van der Waals surface area contributed by atoms with Crippen molar-refractivity contribution >= 4 is 17.6 Å². The fourth-order valence-electron chi connectivity index (χ4n) is 2.18. The minimum Gasteiger partial charge on any atom is -0.483 e. The van der Waals surface area contributed by atoms with Gasteiger partial charge in [0.2, 0.25) is 0 Å². The molecular formula is C14H19N3O4. The third-order valence-electron chi connectivity index (χ3n) is 3.48. The molecule has 3 N–H and O–H groups in total. The summed E-state index contributed by atoms with van der Waals surface area (Å²) in [4.78, 5) is 27.1. The number of carboxylic acids is 1. The zero-order valence-electron chi connectivity index (χ0n) is 11.9. The molecule has 2 rings (SSSR count). The number of carbonyl (C=O) groups is 2. The monoisotopic (exact) mass is 293 g/mol. The number of carboxylic acid groups (broad SMARTS) is 1. The number of amides is 1. The van der Waals surface area contributed by atoms with E-state index in [1.165, 1.54) is 12.1 Å². The van der Waals surface area contributed by atoms with Gasteiger partial charge in [0.1, 0.15) is 11.3 Å². The van der Waals surface area contributed by atoms with Gasteiger partial charge in [0.15, 0.2) is 6.61 Å². The van der Waals surface area contributed by atoms with E-state index < -0.39 is 5.97 Å². The zero-order chi connectivity index (χ0) is 15.4. The standard InChI is InChI=1S/C14H19N3O4/c1-16-5-7-17(8-6-16)12(18)9-21-11-4-2-3-10(15)13(11)14(19)20/h2-4H,5-9,15H2,1H3,(H,19,20). The van der Waals surface area contributed by atoms with Crippen LogP contribution in [0, 0.1) is 0 Å². The molecule has 0 unspecified atom stereocenters. The number of nitrogens with zero attached hydrogens (tertiary/aromatic N) is 2. The molecule has 1 aromatic carbocycles. The van der Waals surface area contributed by atoms with Crippen LogP contribution in [-0.4, -0.2) is 66.6 Å². The number of benzene rings is 1. The van der Waals surface area contributed by atoms with Crippen LogP contribution in [0.25, 0.3) is 0 Å². The number of likely N-dealkylation sites (N-methyl/N-ethyl adjacent to an activating group) is 1. The van der Waals surface area contributed by atoms with E-state index in [9.17, 15) is 9.59 Å². The Kier molecular flexibility index (Phi) is 4.64. The molecule has 1 fully saturated rings. The van der Waals surface area contributed by atoms with Gasteiger partial charge in [0.05, 0.1) is 0 Å². The lowest BCUT2D eigenvalue weighted by Crippen LogP contribution is -2.48. The van der Waals surface area contributed by atoms with Crippen molar-refractivity contribution in [1.82, 2.24) is 9.80 Å². The van der Waals surface area contributed by atoms with Crippen molar-refractivity contribution in [2.24, 2.45) is 0 Å². The SMILES string of the molecule is CN1CCN(C(=O)COc2cccc(N)c2C(=O)O)CC1. The van der Waals surface area contributed by atoms with Crippen LogP contribution >= 0.6 is 0 Å². The molecule has 114 valence electrons. The topological polar surface area (TPSA) is 96.1 Å². The fraction of sp³-hybridized carbons (Fsp3) is 0.429. The van der Waals surface area contributed by atoms with Crippen molar-refractivity contribution in [3.8, 4) is 5.75 Å². The van der Waals surface area contributed by atoms with Crippen LogP contribution in [-0.2, 0) is 4.79 Å². The lowest BCUT2D eigenvalue weighted by molar-refractivity contribution is -0.134. The lowest BCUT2D eigenvalue weighted by Gasteiger charge is -2.32. The lowest BCUT2D eigenvalue weighted by atomic mass is 10.1. The Morgan fingerprint density at radius 2 is 1.95 bits per heavy atom. The van der Waals surface area contributed by atoms with E-state index in [4.69, 9.17) is 15.6 Å². The molecule has 1 aromatic rings. The minimum atomic E-state index is -1.17. The largest absolute Gasteiger partial charge is 0.483 e. The van der Waals surface area contributed by atoms with E-state index in [0.29, 0.717) is 13.1 Å². The highest BCUT2D eigenvalue weighted by molar-refractivity contribution is 5.96. The van der Waals surface area contributed by atoms with Crippen molar-refractivity contribution in [3.63, 3.8) is 0 Å². The summed E-state index contributed by atoms with van der Waals surface area (Å²) < 4.78 is 5.36. The number of nitrogens with two attached hydrogens (primary N) is 1. The second-order valence-corrected chi connectivity index (χ2v) is 5.00. The minimum absolute atomic E-state index is 0.108. The van der Waals surface area contributed by atoms with Crippen LogP contribution in [0.4, 0.5) is 5.69 Å². The van der Waals surface area contributed by atoms with Gasteiger partial charge in [-0.15, -0.1) is 0 Å². The third-order valence-corrected chi connectivity index (χ3v) is 3.48. The predicted molar refractivity (Wildman–Crippen MR) is 77.4 cm³/mol. The van der Waals surface area contributed by atoms with Gasteiger partial charge in [0.25, 0.3) is 5.91 Å². The number of rotatable bonds is 4. The first-order chi connectivity index (χ1) is 9.99. The highest BCUT2D eigenvalue weighted by Crippen LogP contribution is 2.24. The molecule has 1 aliphatic heterocycles. The second kappa shape index (κ2) is 6.45. The van der Waals surface area contributed by atoms with E-state index in [0.717, 1.165) is 13.1 Å². The first kappa shape index (κ1) is 15.1. The Balaban J connectivity index is 1.98. The highest BCUT2D eigenvalue weighted by atomic mass is 16.5. The molecule has 1 saturated heterocycles. The molecule has 0 atom stereocenters. The number of piperazine rings is 1. The predicted octanol–water partition coefficient (Wildman–Crippen LogP) is 0.120. The number of aromatic carboxylic acids is 1. The number of nitrogen functional groups attached to an aromatic ring is 1. The number of hydrogen-bond donors (Lipinski definition) is 2. The van der Waals surface area contributed by atoms with Crippen LogP contribution < -0.4 is 10.5 Å². The second-order valence-electron chi connectivity index (χ2n) is 5.00. The molecule has 0 radical (unpaired) electrons. The highest BCUT2D eigenvalue weighted by Gasteiger charge is 2.21. The van der Waals surface area contributed by atoms with E-state index in [2.05, 4.69) is 4.90 Å². The summed E-state index contributed by atoms with van der Waals surface area (Å²) in [6.45, 7) is 2.77. The van der Waals surface area contributed by atoms with Crippen LogP contribution in [0.2, 0.25) is 0 Å². The fourth-order valence-corrected chi connectivity index (χ4v) is 2.18. The first-order valence-corrected chi connectivity index (χ1v) is 6.70. The molecule has 0 saturated carbocycles. The molecule has 0 aromatic heterocycles. The van der Waals surface area contributed by atoms with Crippen molar-refractivity contribution in [1.29, 1.82) is 0 Å². The molecule has 0 bridgehead atoms. The Bertz CT molecular complexity index is 539. The quantitative estimate of drug-likeness (QED) is 0.766. The van der Waals surface area contributed by atoms with Gasteiger partial charge in [-0.1, -0.05) is 6.07 Å². The van der Waals surface area contributed by atoms with E-state index in [1.54, 1.807) is 11.0 Å². The first-order valence-electron chi connectivity index (χ1n) is 6.70. The number of hydrogen-bond acceptors (Lipinski definition) is 5. The summed E-state index contributed by atoms with van der Waals surface area (Å²) in [5.74, 6) is -1.21. The van der Waals surface area contributed by atoms with Gasteiger partial charge in [-0.25, -0.2) is 4.79 Å². The Hall–Kier alpha value is -2.28. The van der Waals surface area contributed by atoms with Gasteiger partial charge in [-0.2, -0.15) is 0 Å². The molecule has 1 heterocycles. The van der Waals surface area contributed by atoms with Gasteiger partial charge >= 0.3 is 5.97 Å². The summed E-state index contributed by atoms with van der Waals surface area (Å²) in [6, 6.07) is 4.58. The van der Waals surface area contributed by atoms with Crippen LogP contribution in [0.3, 0.4) is 0 Å². The molecular weight excluding hydrogens is 274 g/mol. The van der Waals surface area contributed by atoms with Crippen LogP contribution in [0.1, 0.15) is 10.4 Å². The summed E-state index contributed by atoms with van der Waals surface area (Å²) in [6.07, 6.45) is 0. The molecule has 1 aliphatic rings. The Morgan fingerprint density at radius 3 is 2.57 bits per heavy atom. The average Bonchev–Trinajstić information content (AvgIpc) is 2.45. The van der Waals surface area contributed by atoms with E-state index in [-0.39, 0.29) is 29.5 Å². The van der Waals surface area contributed by atoms with Crippen molar-refractivity contribution < 1.29 is 19.4 Å². The third kappa shape index (κ3) is 3.63. The number of carbonyl (C=O) groups excluding carboxylic acids is 1. The molecule has 7 nitrogen and oxygen atoms in total. The summed E-state index contributed by atoms with van der Waals surface area (Å²) in [5.41, 5.74) is 5.63. The Morgan fingerprint density at radius 1 is 1.29 bits per heavy atom. The summed E-state index contributed by atoms with van der Waals surface area (Å²) >= 11 is 0. The maximum Gasteiger partial charge on any atom is 0.341 e. The summed E-state index contributed by atoms with van der Waals surface area (Å²) in [7, 11) is 2.00. The van der Waals surface area contributed by atoms with E-state index >= 15 is 0 Å². The maximum atomic E-state index is 12.0. The van der Waals surface area contributed by atoms with E-state index in [1.807, 2.05) is 7.05 Å². The molecule has 0 aliphatic carbocycles. The van der Waals surface area contributed by atoms with Crippen LogP contribution in [0.15, 0.2) is 18.2 Å². The van der Waals surface area contributed by atoms with Gasteiger partial charge in [-0.3, -0.25) is 4.79 Å². The Labute approximate surface area is 122 Å². The molecule has 1 amide bonds. The van der Waals surface area contributed by atoms with Crippen molar-refractivity contribution in [3.05, 3.63) is 23.8 Å². The molecule has 0 spiro atoms. The van der Waals surface area contributed by atoms with Crippen molar-refractivity contribution in [2.45, 2.75) is 0 Å². The average molecular weight is 293 g/mol. The molecule has 7 heteroatoms. The normalized spacial score (nSPS) is 15.8. The number of ether oxygens (including phenoxy) is 1. The summed E-state index contributed by atoms with van der Waals surface area (Å²) in [5, 5.41) is 9.13. The smallest absolute Gasteiger partial charge is 0.341 e. The van der Waals surface area contributed by atoms with Crippen molar-refractivity contribution in [2.75, 3.05) is 45.6 Å². The van der Waals surface area contributed by atoms with Gasteiger partial charge < -0.3 is 25.4 Å².